The average Bonchev–Trinajstić information content (AvgIpc) is 2.39. The third kappa shape index (κ3) is 2.89. The summed E-state index contributed by atoms with van der Waals surface area (Å²) in [5.74, 6) is 2.16. The minimum absolute atomic E-state index is 0.260. The molecule has 0 atom stereocenters. The molecule has 1 aliphatic rings. The fourth-order valence-electron chi connectivity index (χ4n) is 2.44. The van der Waals surface area contributed by atoms with E-state index in [1.54, 1.807) is 6.92 Å². The largest absolute Gasteiger partial charge is 0.357 e. The van der Waals surface area contributed by atoms with Crippen LogP contribution >= 0.6 is 0 Å². The Hall–Kier alpha value is -1.38. The van der Waals surface area contributed by atoms with E-state index in [4.69, 9.17) is 0 Å². The summed E-state index contributed by atoms with van der Waals surface area (Å²) < 4.78 is 0. The maximum absolute atomic E-state index is 11.3. The van der Waals surface area contributed by atoms with E-state index in [-0.39, 0.29) is 5.92 Å². The second-order valence-corrected chi connectivity index (χ2v) is 5.48. The first-order valence-electron chi connectivity index (χ1n) is 6.79. The van der Waals surface area contributed by atoms with E-state index in [1.165, 1.54) is 5.56 Å². The summed E-state index contributed by atoms with van der Waals surface area (Å²) >= 11 is 0. The molecular weight excluding hydrogens is 224 g/mol. The van der Waals surface area contributed by atoms with Gasteiger partial charge >= 0.3 is 0 Å². The van der Waals surface area contributed by atoms with Crippen LogP contribution in [0.3, 0.4) is 0 Å². The SMILES string of the molecule is CC(=O)C1CCN(c2ccc(C(C)C)cn2)CC1. The zero-order valence-electron chi connectivity index (χ0n) is 11.5. The van der Waals surface area contributed by atoms with Crippen molar-refractivity contribution in [1.29, 1.82) is 0 Å². The second kappa shape index (κ2) is 5.51. The van der Waals surface area contributed by atoms with Gasteiger partial charge in [-0.1, -0.05) is 19.9 Å². The Morgan fingerprint density at radius 2 is 2.00 bits per heavy atom. The quantitative estimate of drug-likeness (QED) is 0.822. The van der Waals surface area contributed by atoms with Crippen LogP contribution in [0.1, 0.15) is 45.1 Å². The molecule has 0 bridgehead atoms. The number of aromatic nitrogens is 1. The average molecular weight is 246 g/mol. The van der Waals surface area contributed by atoms with Crippen molar-refractivity contribution in [3.05, 3.63) is 23.9 Å². The van der Waals surface area contributed by atoms with Crippen LogP contribution < -0.4 is 4.90 Å². The lowest BCUT2D eigenvalue weighted by Gasteiger charge is -2.31. The monoisotopic (exact) mass is 246 g/mol. The van der Waals surface area contributed by atoms with Gasteiger partial charge in [-0.15, -0.1) is 0 Å². The van der Waals surface area contributed by atoms with Gasteiger partial charge in [-0.25, -0.2) is 4.98 Å². The van der Waals surface area contributed by atoms with E-state index < -0.39 is 0 Å². The predicted octanol–water partition coefficient (Wildman–Crippen LogP) is 3.01. The summed E-state index contributed by atoms with van der Waals surface area (Å²) in [6.07, 6.45) is 3.89. The summed E-state index contributed by atoms with van der Waals surface area (Å²) in [5.41, 5.74) is 1.28. The summed E-state index contributed by atoms with van der Waals surface area (Å²) in [6.45, 7) is 7.94. The summed E-state index contributed by atoms with van der Waals surface area (Å²) in [5, 5.41) is 0. The normalized spacial score (nSPS) is 17.2. The molecule has 98 valence electrons. The van der Waals surface area contributed by atoms with Gasteiger partial charge in [0.1, 0.15) is 11.6 Å². The number of pyridine rings is 1. The van der Waals surface area contributed by atoms with Crippen LogP contribution in [0.15, 0.2) is 18.3 Å². The van der Waals surface area contributed by atoms with Crippen LogP contribution in [-0.2, 0) is 4.79 Å². The molecule has 2 rings (SSSR count). The fraction of sp³-hybridized carbons (Fsp3) is 0.600. The number of carbonyl (C=O) groups is 1. The van der Waals surface area contributed by atoms with Crippen LogP contribution in [0, 0.1) is 5.92 Å². The van der Waals surface area contributed by atoms with Gasteiger partial charge in [-0.2, -0.15) is 0 Å². The van der Waals surface area contributed by atoms with Gasteiger partial charge in [0.25, 0.3) is 0 Å². The Kier molecular flexibility index (Phi) is 4.00. The van der Waals surface area contributed by atoms with E-state index in [9.17, 15) is 4.79 Å². The lowest BCUT2D eigenvalue weighted by atomic mass is 9.93. The van der Waals surface area contributed by atoms with Crippen molar-refractivity contribution in [2.75, 3.05) is 18.0 Å². The van der Waals surface area contributed by atoms with Crippen molar-refractivity contribution < 1.29 is 4.79 Å². The molecule has 0 unspecified atom stereocenters. The third-order valence-electron chi connectivity index (χ3n) is 3.83. The maximum atomic E-state index is 11.3. The molecule has 3 nitrogen and oxygen atoms in total. The Morgan fingerprint density at radius 1 is 1.33 bits per heavy atom. The molecule has 0 spiro atoms. The highest BCUT2D eigenvalue weighted by molar-refractivity contribution is 5.78. The molecule has 1 aliphatic heterocycles. The van der Waals surface area contributed by atoms with Gasteiger partial charge in [0, 0.05) is 25.2 Å². The molecule has 0 aromatic carbocycles. The van der Waals surface area contributed by atoms with E-state index in [2.05, 4.69) is 35.9 Å². The van der Waals surface area contributed by atoms with Gasteiger partial charge in [0.05, 0.1) is 0 Å². The molecule has 1 aromatic rings. The van der Waals surface area contributed by atoms with E-state index >= 15 is 0 Å². The summed E-state index contributed by atoms with van der Waals surface area (Å²) in [6, 6.07) is 4.26. The van der Waals surface area contributed by atoms with Crippen molar-refractivity contribution in [3.63, 3.8) is 0 Å². The lowest BCUT2D eigenvalue weighted by molar-refractivity contribution is -0.121. The Labute approximate surface area is 109 Å². The minimum Gasteiger partial charge on any atom is -0.357 e. The number of piperidine rings is 1. The topological polar surface area (TPSA) is 33.2 Å². The number of Topliss-reactive ketones (excluding diaryl/α,β-unsaturated/α-hetero) is 1. The molecule has 0 amide bonds. The molecule has 0 N–H and O–H groups in total. The first-order chi connectivity index (χ1) is 8.58. The number of anilines is 1. The highest BCUT2D eigenvalue weighted by Crippen LogP contribution is 2.23. The molecule has 0 aliphatic carbocycles. The van der Waals surface area contributed by atoms with Crippen molar-refractivity contribution in [1.82, 2.24) is 4.98 Å². The summed E-state index contributed by atoms with van der Waals surface area (Å²) in [7, 11) is 0. The molecule has 0 radical (unpaired) electrons. The van der Waals surface area contributed by atoms with Crippen molar-refractivity contribution in [2.24, 2.45) is 5.92 Å². The predicted molar refractivity (Wildman–Crippen MR) is 73.9 cm³/mol. The second-order valence-electron chi connectivity index (χ2n) is 5.48. The van der Waals surface area contributed by atoms with Crippen molar-refractivity contribution in [2.45, 2.75) is 39.5 Å². The van der Waals surface area contributed by atoms with Crippen LogP contribution in [-0.4, -0.2) is 23.9 Å². The lowest BCUT2D eigenvalue weighted by Crippen LogP contribution is -2.36. The Bertz CT molecular complexity index is 403. The van der Waals surface area contributed by atoms with Gasteiger partial charge in [-0.05, 0) is 37.3 Å². The van der Waals surface area contributed by atoms with Crippen molar-refractivity contribution in [3.8, 4) is 0 Å². The number of rotatable bonds is 3. The number of hydrogen-bond acceptors (Lipinski definition) is 3. The van der Waals surface area contributed by atoms with Gasteiger partial charge < -0.3 is 4.90 Å². The molecule has 18 heavy (non-hydrogen) atoms. The number of carbonyl (C=O) groups excluding carboxylic acids is 1. The number of hydrogen-bond donors (Lipinski definition) is 0. The molecule has 1 aromatic heterocycles. The van der Waals surface area contributed by atoms with Gasteiger partial charge in [0.15, 0.2) is 0 Å². The van der Waals surface area contributed by atoms with E-state index in [0.717, 1.165) is 31.7 Å². The maximum Gasteiger partial charge on any atom is 0.133 e. The van der Waals surface area contributed by atoms with Gasteiger partial charge in [0.2, 0.25) is 0 Å². The van der Waals surface area contributed by atoms with Crippen LogP contribution in [0.4, 0.5) is 5.82 Å². The number of ketones is 1. The van der Waals surface area contributed by atoms with E-state index in [0.29, 0.717) is 11.7 Å². The van der Waals surface area contributed by atoms with E-state index in [1.807, 2.05) is 6.20 Å². The molecule has 1 saturated heterocycles. The highest BCUT2D eigenvalue weighted by atomic mass is 16.1. The Balaban J connectivity index is 1.99. The first kappa shape index (κ1) is 13.1. The number of nitrogens with zero attached hydrogens (tertiary/aromatic N) is 2. The van der Waals surface area contributed by atoms with Crippen molar-refractivity contribution >= 4 is 11.6 Å². The van der Waals surface area contributed by atoms with Crippen LogP contribution in [0.5, 0.6) is 0 Å². The third-order valence-corrected chi connectivity index (χ3v) is 3.83. The van der Waals surface area contributed by atoms with Crippen LogP contribution in [0.25, 0.3) is 0 Å². The molecule has 1 fully saturated rings. The van der Waals surface area contributed by atoms with Gasteiger partial charge in [-0.3, -0.25) is 4.79 Å². The standard InChI is InChI=1S/C15H22N2O/c1-11(2)14-4-5-15(16-10-14)17-8-6-13(7-9-17)12(3)18/h4-5,10-11,13H,6-9H2,1-3H3. The zero-order chi connectivity index (χ0) is 13.1. The smallest absolute Gasteiger partial charge is 0.133 e. The fourth-order valence-corrected chi connectivity index (χ4v) is 2.44. The molecule has 2 heterocycles. The molecule has 0 saturated carbocycles. The van der Waals surface area contributed by atoms with Crippen LogP contribution in [0.2, 0.25) is 0 Å². The first-order valence-corrected chi connectivity index (χ1v) is 6.79. The Morgan fingerprint density at radius 3 is 2.44 bits per heavy atom. The minimum atomic E-state index is 0.260. The summed E-state index contributed by atoms with van der Waals surface area (Å²) in [4.78, 5) is 18.1. The molecule has 3 heteroatoms. The molecular formula is C15H22N2O. The zero-order valence-corrected chi connectivity index (χ0v) is 11.5. The highest BCUT2D eigenvalue weighted by Gasteiger charge is 2.22.